The molecule has 0 unspecified atom stereocenters. The zero-order chi connectivity index (χ0) is 19.6. The van der Waals surface area contributed by atoms with Gasteiger partial charge in [-0.25, -0.2) is 0 Å². The van der Waals surface area contributed by atoms with Crippen LogP contribution in [0.1, 0.15) is 0 Å². The van der Waals surface area contributed by atoms with Crippen molar-refractivity contribution in [3.63, 3.8) is 0 Å². The van der Waals surface area contributed by atoms with Crippen molar-refractivity contribution < 1.29 is 14.9 Å². The third-order valence-electron chi connectivity index (χ3n) is 4.50. The third-order valence-corrected chi connectivity index (χ3v) is 6.00. The lowest BCUT2D eigenvalue weighted by atomic mass is 9.90. The summed E-state index contributed by atoms with van der Waals surface area (Å²) in [7, 11) is 3.74. The van der Waals surface area contributed by atoms with Crippen LogP contribution in [-0.4, -0.2) is 55.6 Å². The van der Waals surface area contributed by atoms with E-state index in [1.807, 2.05) is 37.2 Å². The van der Waals surface area contributed by atoms with Gasteiger partial charge in [-0.15, -0.1) is 11.3 Å². The number of rotatable bonds is 7. The first-order valence-electron chi connectivity index (χ1n) is 8.54. The molecule has 27 heavy (non-hydrogen) atoms. The van der Waals surface area contributed by atoms with Crippen LogP contribution in [-0.2, 0) is 0 Å². The number of hydrogen-bond donors (Lipinski definition) is 2. The molecular weight excluding hydrogens is 386 g/mol. The molecule has 5 nitrogen and oxygen atoms in total. The second-order valence-electron chi connectivity index (χ2n) is 7.02. The third kappa shape index (κ3) is 3.95. The lowest BCUT2D eigenvalue weighted by molar-refractivity contribution is -0.00274. The summed E-state index contributed by atoms with van der Waals surface area (Å²) in [6.07, 6.45) is 0. The average Bonchev–Trinajstić information content (AvgIpc) is 2.66. The van der Waals surface area contributed by atoms with E-state index in [9.17, 15) is 15.0 Å². The summed E-state index contributed by atoms with van der Waals surface area (Å²) in [4.78, 5) is 14.8. The number of aliphatic hydroxyl groups is 2. The summed E-state index contributed by atoms with van der Waals surface area (Å²) in [5, 5.41) is 21.1. The van der Waals surface area contributed by atoms with Crippen molar-refractivity contribution in [2.45, 2.75) is 0 Å². The minimum absolute atomic E-state index is 0.114. The highest BCUT2D eigenvalue weighted by atomic mass is 35.5. The molecule has 0 amide bonds. The van der Waals surface area contributed by atoms with Crippen LogP contribution < -0.4 is 10.2 Å². The molecule has 0 aliphatic rings. The second-order valence-corrected chi connectivity index (χ2v) is 8.48. The first-order chi connectivity index (χ1) is 12.9. The van der Waals surface area contributed by atoms with Crippen LogP contribution in [0, 0.1) is 5.41 Å². The number of hydrogen-bond acceptors (Lipinski definition) is 6. The van der Waals surface area contributed by atoms with Gasteiger partial charge in [-0.3, -0.25) is 4.79 Å². The van der Waals surface area contributed by atoms with E-state index in [-0.39, 0.29) is 25.2 Å². The van der Waals surface area contributed by atoms with Crippen molar-refractivity contribution in [2.75, 3.05) is 40.5 Å². The molecule has 2 N–H and O–H groups in total. The minimum atomic E-state index is -0.808. The number of ether oxygens (including phenoxy) is 1. The summed E-state index contributed by atoms with van der Waals surface area (Å²) in [5.41, 5.74) is -0.934. The van der Waals surface area contributed by atoms with Gasteiger partial charge in [0.25, 0.3) is 0 Å². The van der Waals surface area contributed by atoms with E-state index in [1.165, 1.54) is 11.3 Å². The largest absolute Gasteiger partial charge is 0.491 e. The molecule has 0 aliphatic carbocycles. The van der Waals surface area contributed by atoms with Crippen LogP contribution in [0.15, 0.2) is 41.2 Å². The van der Waals surface area contributed by atoms with E-state index in [2.05, 4.69) is 0 Å². The molecule has 0 saturated carbocycles. The Morgan fingerprint density at radius 2 is 1.85 bits per heavy atom. The maximum atomic E-state index is 12.9. The second kappa shape index (κ2) is 8.12. The SMILES string of the molecule is CN(C)CC(CO)(CO)COc1ccc(Cl)c2c(=O)c3ccccc3sc12. The Kier molecular flexibility index (Phi) is 6.03. The first kappa shape index (κ1) is 20.0. The van der Waals surface area contributed by atoms with Gasteiger partial charge in [0.2, 0.25) is 0 Å². The van der Waals surface area contributed by atoms with Crippen molar-refractivity contribution in [1.29, 1.82) is 0 Å². The van der Waals surface area contributed by atoms with Crippen molar-refractivity contribution in [2.24, 2.45) is 5.41 Å². The fraction of sp³-hybridized carbons (Fsp3) is 0.350. The van der Waals surface area contributed by atoms with Crippen LogP contribution >= 0.6 is 22.9 Å². The van der Waals surface area contributed by atoms with Gasteiger partial charge in [0, 0.05) is 16.6 Å². The molecule has 1 heterocycles. The highest BCUT2D eigenvalue weighted by Crippen LogP contribution is 2.36. The molecule has 0 atom stereocenters. The highest BCUT2D eigenvalue weighted by molar-refractivity contribution is 7.25. The van der Waals surface area contributed by atoms with Crippen LogP contribution in [0.25, 0.3) is 20.2 Å². The molecular formula is C20H22ClNO4S. The smallest absolute Gasteiger partial charge is 0.197 e. The lowest BCUT2D eigenvalue weighted by Crippen LogP contribution is -2.44. The Labute approximate surface area is 166 Å². The van der Waals surface area contributed by atoms with Crippen LogP contribution in [0.5, 0.6) is 5.75 Å². The monoisotopic (exact) mass is 407 g/mol. The normalized spacial score (nSPS) is 12.2. The standard InChI is InChI=1S/C20H22ClNO4S/c1-22(2)9-20(10-23,11-24)12-26-15-8-7-14(21)17-18(25)13-5-3-4-6-16(13)27-19(15)17/h3-8,23-24H,9-12H2,1-2H3. The molecule has 0 fully saturated rings. The highest BCUT2D eigenvalue weighted by Gasteiger charge is 2.31. The van der Waals surface area contributed by atoms with Crippen LogP contribution in [0.3, 0.4) is 0 Å². The zero-order valence-corrected chi connectivity index (χ0v) is 16.8. The summed E-state index contributed by atoms with van der Waals surface area (Å²) in [5.74, 6) is 0.521. The number of halogens is 1. The van der Waals surface area contributed by atoms with E-state index in [0.717, 1.165) is 4.70 Å². The zero-order valence-electron chi connectivity index (χ0n) is 15.2. The molecule has 0 aliphatic heterocycles. The van der Waals surface area contributed by atoms with E-state index >= 15 is 0 Å². The summed E-state index contributed by atoms with van der Waals surface area (Å²) >= 11 is 7.75. The van der Waals surface area contributed by atoms with Crippen LogP contribution in [0.4, 0.5) is 0 Å². The first-order valence-corrected chi connectivity index (χ1v) is 9.73. The van der Waals surface area contributed by atoms with Gasteiger partial charge in [0.05, 0.1) is 40.3 Å². The van der Waals surface area contributed by atoms with Crippen LogP contribution in [0.2, 0.25) is 5.02 Å². The van der Waals surface area contributed by atoms with Gasteiger partial charge in [-0.1, -0.05) is 23.7 Å². The summed E-state index contributed by atoms with van der Waals surface area (Å²) in [6, 6.07) is 10.8. The van der Waals surface area contributed by atoms with Gasteiger partial charge >= 0.3 is 0 Å². The van der Waals surface area contributed by atoms with Crippen molar-refractivity contribution in [3.05, 3.63) is 51.6 Å². The van der Waals surface area contributed by atoms with Crippen molar-refractivity contribution in [1.82, 2.24) is 4.90 Å². The Bertz CT molecular complexity index is 1010. The fourth-order valence-corrected chi connectivity index (χ4v) is 4.61. The van der Waals surface area contributed by atoms with Gasteiger partial charge < -0.3 is 19.8 Å². The number of fused-ring (bicyclic) bond motifs is 2. The average molecular weight is 408 g/mol. The summed E-state index contributed by atoms with van der Waals surface area (Å²) < 4.78 is 7.51. The maximum Gasteiger partial charge on any atom is 0.197 e. The van der Waals surface area contributed by atoms with E-state index in [0.29, 0.717) is 32.8 Å². The van der Waals surface area contributed by atoms with Gasteiger partial charge in [0.15, 0.2) is 5.43 Å². The molecule has 0 bridgehead atoms. The number of nitrogens with zero attached hydrogens (tertiary/aromatic N) is 1. The van der Waals surface area contributed by atoms with Gasteiger partial charge in [-0.05, 0) is 38.4 Å². The number of benzene rings is 2. The summed E-state index contributed by atoms with van der Waals surface area (Å²) in [6.45, 7) is 0.145. The Hall–Kier alpha value is -1.70. The Morgan fingerprint density at radius 3 is 2.52 bits per heavy atom. The lowest BCUT2D eigenvalue weighted by Gasteiger charge is -2.32. The van der Waals surface area contributed by atoms with Gasteiger partial charge in [-0.2, -0.15) is 0 Å². The predicted octanol–water partition coefficient (Wildman–Crippen LogP) is 2.98. The molecule has 3 aromatic rings. The molecule has 2 aromatic carbocycles. The quantitative estimate of drug-likeness (QED) is 0.589. The number of aliphatic hydroxyl groups excluding tert-OH is 2. The van der Waals surface area contributed by atoms with E-state index in [4.69, 9.17) is 16.3 Å². The molecule has 0 radical (unpaired) electrons. The van der Waals surface area contributed by atoms with E-state index < -0.39 is 5.41 Å². The molecule has 3 rings (SSSR count). The topological polar surface area (TPSA) is 70.0 Å². The molecule has 0 saturated heterocycles. The minimum Gasteiger partial charge on any atom is -0.491 e. The van der Waals surface area contributed by atoms with Gasteiger partial charge in [0.1, 0.15) is 5.75 Å². The maximum absolute atomic E-state index is 12.9. The molecule has 7 heteroatoms. The van der Waals surface area contributed by atoms with Crippen molar-refractivity contribution in [3.8, 4) is 5.75 Å². The fourth-order valence-electron chi connectivity index (χ4n) is 3.14. The molecule has 1 aromatic heterocycles. The van der Waals surface area contributed by atoms with Crippen molar-refractivity contribution >= 4 is 43.1 Å². The Morgan fingerprint density at radius 1 is 1.15 bits per heavy atom. The Balaban J connectivity index is 2.07. The van der Waals surface area contributed by atoms with E-state index in [1.54, 1.807) is 18.2 Å². The predicted molar refractivity (Wildman–Crippen MR) is 111 cm³/mol. The molecule has 0 spiro atoms. The molecule has 144 valence electrons.